The van der Waals surface area contributed by atoms with E-state index in [0.717, 1.165) is 6.92 Å². The molecule has 0 saturated heterocycles. The summed E-state index contributed by atoms with van der Waals surface area (Å²) in [5.74, 6) is -12.1. The van der Waals surface area contributed by atoms with E-state index in [0.29, 0.717) is 0 Å². The van der Waals surface area contributed by atoms with Crippen molar-refractivity contribution in [3.8, 4) is 0 Å². The number of guanidine groups is 1. The first kappa shape index (κ1) is 57.0. The van der Waals surface area contributed by atoms with Crippen LogP contribution in [0, 0.1) is 17.8 Å². The molecule has 0 aromatic carbocycles. The third kappa shape index (κ3) is 20.2. The van der Waals surface area contributed by atoms with Gasteiger partial charge in [-0.1, -0.05) is 60.1 Å². The number of rotatable bonds is 28. The van der Waals surface area contributed by atoms with E-state index in [9.17, 15) is 63.6 Å². The van der Waals surface area contributed by atoms with Crippen LogP contribution in [0.5, 0.6) is 0 Å². The van der Waals surface area contributed by atoms with Crippen LogP contribution in [0.2, 0.25) is 0 Å². The van der Waals surface area contributed by atoms with Crippen LogP contribution >= 0.6 is 0 Å². The molecule has 0 spiro atoms. The van der Waals surface area contributed by atoms with E-state index < -0.39 is 133 Å². The van der Waals surface area contributed by atoms with Crippen molar-refractivity contribution in [3.05, 3.63) is 12.2 Å². The van der Waals surface area contributed by atoms with Gasteiger partial charge in [0.2, 0.25) is 47.3 Å². The minimum atomic E-state index is -2.40. The third-order valence-electron chi connectivity index (χ3n) is 9.26. The number of carbonyl (C=O) groups is 9. The lowest BCUT2D eigenvalue weighted by atomic mass is 9.97. The van der Waals surface area contributed by atoms with Crippen LogP contribution in [-0.2, 0) is 43.2 Å². The number of aliphatic imine (C=N–C) groups is 1. The summed E-state index contributed by atoms with van der Waals surface area (Å²) in [6, 6.07) is -11.5. The van der Waals surface area contributed by atoms with Gasteiger partial charge in [0.1, 0.15) is 42.3 Å². The maximum absolute atomic E-state index is 13.9. The number of nitrogens with one attached hydrogen (secondary N) is 7. The predicted octanol–water partition coefficient (Wildman–Crippen LogP) is -7.42. The van der Waals surface area contributed by atoms with E-state index in [2.05, 4.69) is 31.6 Å². The zero-order valence-electron chi connectivity index (χ0n) is 36.4. The summed E-state index contributed by atoms with van der Waals surface area (Å²) in [5, 5.41) is 64.9. The van der Waals surface area contributed by atoms with Crippen LogP contribution in [0.15, 0.2) is 17.1 Å². The molecule has 0 heterocycles. The Labute approximate surface area is 364 Å². The Bertz CT molecular complexity index is 1660. The number of carboxylic acids is 1. The smallest absolute Gasteiger partial charge is 0.328 e. The summed E-state index contributed by atoms with van der Waals surface area (Å²) in [5.41, 5.74) is 21.8. The highest BCUT2D eigenvalue weighted by Gasteiger charge is 2.37. The molecule has 0 aromatic rings. The second kappa shape index (κ2) is 27.9. The van der Waals surface area contributed by atoms with Crippen LogP contribution in [0.1, 0.15) is 61.3 Å². The van der Waals surface area contributed by atoms with E-state index in [-0.39, 0.29) is 37.2 Å². The lowest BCUT2D eigenvalue weighted by molar-refractivity contribution is -0.145. The summed E-state index contributed by atoms with van der Waals surface area (Å²) >= 11 is 0. The molecule has 0 bridgehead atoms. The zero-order chi connectivity index (χ0) is 48.9. The Kier molecular flexibility index (Phi) is 25.2. The van der Waals surface area contributed by atoms with E-state index in [1.165, 1.54) is 12.2 Å². The predicted molar refractivity (Wildman–Crippen MR) is 224 cm³/mol. The Morgan fingerprint density at radius 1 is 0.683 bits per heavy atom. The lowest BCUT2D eigenvalue weighted by Crippen LogP contribution is -2.62. The highest BCUT2D eigenvalue weighted by molar-refractivity contribution is 5.99. The molecule has 26 nitrogen and oxygen atoms in total. The van der Waals surface area contributed by atoms with E-state index in [1.54, 1.807) is 46.9 Å². The van der Waals surface area contributed by atoms with Crippen LogP contribution in [-0.4, -0.2) is 165 Å². The molecule has 8 amide bonds. The molecule has 0 saturated carbocycles. The Morgan fingerprint density at radius 3 is 1.71 bits per heavy atom. The molecule has 0 aliphatic heterocycles. The molecule has 0 radical (unpaired) electrons. The molecule has 26 heteroatoms. The number of hydrogen-bond acceptors (Lipinski definition) is 15. The SMILES string of the molecule is CC[C@H](C)C(NC(=O)[C@@H](/C=C/CN=C(N)N)NC(=O)[C@H](CC(C)C)NC(=O)C(N)[C@H](O)C(C)C)C(=O)N[C@H](C(=O)NCC(=O)N[C@H](C(=O)N[C@@H](CO)C(=O)O)[C@H](O)C(N)=O)[C@H](C)O. The van der Waals surface area contributed by atoms with Crippen molar-refractivity contribution in [2.75, 3.05) is 19.7 Å². The normalized spacial score (nSPS) is 16.6. The topological polar surface area (TPSA) is 455 Å². The van der Waals surface area contributed by atoms with Crippen molar-refractivity contribution in [1.29, 1.82) is 0 Å². The van der Waals surface area contributed by atoms with Gasteiger partial charge in [-0.05, 0) is 31.1 Å². The molecule has 358 valence electrons. The number of carbonyl (C=O) groups excluding carboxylic acids is 8. The number of primary amides is 1. The maximum Gasteiger partial charge on any atom is 0.328 e. The van der Waals surface area contributed by atoms with Crippen molar-refractivity contribution < 1.29 is 68.7 Å². The summed E-state index contributed by atoms with van der Waals surface area (Å²) in [4.78, 5) is 119. The molecule has 0 aliphatic carbocycles. The van der Waals surface area contributed by atoms with Gasteiger partial charge in [-0.2, -0.15) is 0 Å². The zero-order valence-corrected chi connectivity index (χ0v) is 36.4. The fourth-order valence-corrected chi connectivity index (χ4v) is 5.34. The standard InChI is InChI=1S/C37H66N12O14/c1-8-17(6)24(34(60)49-25(18(7)51)33(59)43-13-22(52)47-26(28(54)29(39)55)35(61)46-21(14-50)36(62)63)48-30(56)19(10-9-11-42-37(40)41)44-31(57)20(12-15(2)3)45-32(58)23(38)27(53)16(4)5/h9-10,15-21,23-28,50-51,53-54H,8,11-14,38H2,1-7H3,(H2,39,55)(H,43,59)(H,44,57)(H,45,58)(H,46,61)(H,47,52)(H,48,56)(H,49,60)(H,62,63)(H4,40,41,42)/b10-9+/t17-,18-,19+,20-,21-,23?,24?,25-,26-,27+,28-/m0/s1. The molecule has 63 heavy (non-hydrogen) atoms. The molecule has 2 unspecified atom stereocenters. The molecular formula is C37H66N12O14. The minimum absolute atomic E-state index is 0.0829. The highest BCUT2D eigenvalue weighted by atomic mass is 16.4. The van der Waals surface area contributed by atoms with Crippen LogP contribution in [0.4, 0.5) is 0 Å². The molecule has 0 aliphatic rings. The quantitative estimate of drug-likeness (QED) is 0.0197. The van der Waals surface area contributed by atoms with Gasteiger partial charge in [0.15, 0.2) is 12.1 Å². The Balaban J connectivity index is 6.37. The highest BCUT2D eigenvalue weighted by Crippen LogP contribution is 2.12. The van der Waals surface area contributed by atoms with E-state index in [4.69, 9.17) is 28.0 Å². The largest absolute Gasteiger partial charge is 0.480 e. The average Bonchev–Trinajstić information content (AvgIpc) is 3.20. The first-order chi connectivity index (χ1) is 29.2. The Morgan fingerprint density at radius 2 is 1.24 bits per heavy atom. The second-order valence-corrected chi connectivity index (χ2v) is 15.4. The van der Waals surface area contributed by atoms with Crippen molar-refractivity contribution in [2.45, 2.75) is 122 Å². The molecule has 0 rings (SSSR count). The minimum Gasteiger partial charge on any atom is -0.480 e. The van der Waals surface area contributed by atoms with Gasteiger partial charge >= 0.3 is 5.97 Å². The number of hydrogen-bond donors (Lipinski definition) is 16. The van der Waals surface area contributed by atoms with Crippen molar-refractivity contribution in [3.63, 3.8) is 0 Å². The average molecular weight is 903 g/mol. The summed E-state index contributed by atoms with van der Waals surface area (Å²) < 4.78 is 0. The molecule has 20 N–H and O–H groups in total. The van der Waals surface area contributed by atoms with Crippen molar-refractivity contribution >= 4 is 59.2 Å². The number of aliphatic hydroxyl groups is 4. The fourth-order valence-electron chi connectivity index (χ4n) is 5.34. The summed E-state index contributed by atoms with van der Waals surface area (Å²) in [6.45, 7) is 8.96. The van der Waals surface area contributed by atoms with E-state index in [1.807, 2.05) is 5.32 Å². The number of carboxylic acid groups (broad SMARTS) is 1. The van der Waals surface area contributed by atoms with Gasteiger partial charge in [0, 0.05) is 0 Å². The summed E-state index contributed by atoms with van der Waals surface area (Å²) in [6.07, 6.45) is -2.36. The second-order valence-electron chi connectivity index (χ2n) is 15.4. The number of amides is 8. The van der Waals surface area contributed by atoms with Gasteiger partial charge in [-0.25, -0.2) is 9.79 Å². The molecule has 0 fully saturated rings. The van der Waals surface area contributed by atoms with Crippen molar-refractivity contribution in [1.82, 2.24) is 37.2 Å². The van der Waals surface area contributed by atoms with Gasteiger partial charge < -0.3 is 85.7 Å². The van der Waals surface area contributed by atoms with Gasteiger partial charge in [0.25, 0.3) is 0 Å². The fraction of sp³-hybridized carbons (Fsp3) is 0.676. The number of nitrogens with two attached hydrogens (primary N) is 4. The number of aliphatic hydroxyl groups excluding tert-OH is 4. The monoisotopic (exact) mass is 902 g/mol. The van der Waals surface area contributed by atoms with Crippen LogP contribution in [0.25, 0.3) is 0 Å². The van der Waals surface area contributed by atoms with Gasteiger partial charge in [-0.3, -0.25) is 38.4 Å². The lowest BCUT2D eigenvalue weighted by Gasteiger charge is -2.29. The first-order valence-electron chi connectivity index (χ1n) is 19.9. The third-order valence-corrected chi connectivity index (χ3v) is 9.26. The molecule has 11 atom stereocenters. The van der Waals surface area contributed by atoms with Gasteiger partial charge in [0.05, 0.1) is 31.9 Å². The van der Waals surface area contributed by atoms with Gasteiger partial charge in [-0.15, -0.1) is 0 Å². The number of aliphatic carboxylic acids is 1. The number of nitrogens with zero attached hydrogens (tertiary/aromatic N) is 1. The first-order valence-corrected chi connectivity index (χ1v) is 19.9. The van der Waals surface area contributed by atoms with Crippen molar-refractivity contribution in [2.24, 2.45) is 45.7 Å². The Hall–Kier alpha value is -5.96. The van der Waals surface area contributed by atoms with E-state index >= 15 is 0 Å². The van der Waals surface area contributed by atoms with Crippen LogP contribution in [0.3, 0.4) is 0 Å². The molecule has 0 aromatic heterocycles. The van der Waals surface area contributed by atoms with Crippen LogP contribution < -0.4 is 60.2 Å². The molecular weight excluding hydrogens is 836 g/mol. The summed E-state index contributed by atoms with van der Waals surface area (Å²) in [7, 11) is 0. The maximum atomic E-state index is 13.9.